The van der Waals surface area contributed by atoms with Crippen molar-refractivity contribution in [1.29, 1.82) is 0 Å². The van der Waals surface area contributed by atoms with E-state index in [0.29, 0.717) is 17.6 Å². The molecule has 1 aliphatic carbocycles. The van der Waals surface area contributed by atoms with E-state index in [4.69, 9.17) is 5.11 Å². The number of allylic oxidation sites excluding steroid dienone is 5. The van der Waals surface area contributed by atoms with E-state index in [1.54, 1.807) is 24.5 Å². The van der Waals surface area contributed by atoms with Crippen LogP contribution in [0.2, 0.25) is 0 Å². The summed E-state index contributed by atoms with van der Waals surface area (Å²) in [5, 5.41) is 8.42. The van der Waals surface area contributed by atoms with Crippen LogP contribution in [0.15, 0.2) is 35.5 Å². The van der Waals surface area contributed by atoms with Gasteiger partial charge >= 0.3 is 5.97 Å². The summed E-state index contributed by atoms with van der Waals surface area (Å²) in [4.78, 5) is 20.6. The fourth-order valence-corrected chi connectivity index (χ4v) is 0.962. The molecular weight excluding hydrogens is 156 g/mol. The zero-order valence-electron chi connectivity index (χ0n) is 6.28. The molecule has 0 heterocycles. The van der Waals surface area contributed by atoms with Crippen LogP contribution >= 0.6 is 0 Å². The van der Waals surface area contributed by atoms with E-state index in [1.165, 1.54) is 0 Å². The van der Waals surface area contributed by atoms with Crippen molar-refractivity contribution in [3.63, 3.8) is 0 Å². The zero-order valence-corrected chi connectivity index (χ0v) is 6.28. The molecule has 0 atom stereocenters. The molecule has 1 aliphatic rings. The highest BCUT2D eigenvalue weighted by Gasteiger charge is 2.07. The van der Waals surface area contributed by atoms with Gasteiger partial charge in [0.25, 0.3) is 0 Å². The van der Waals surface area contributed by atoms with E-state index >= 15 is 0 Å². The van der Waals surface area contributed by atoms with Crippen LogP contribution in [0.1, 0.15) is 6.42 Å². The highest BCUT2D eigenvalue weighted by molar-refractivity contribution is 5.88. The van der Waals surface area contributed by atoms with Gasteiger partial charge in [-0.15, -0.1) is 0 Å². The van der Waals surface area contributed by atoms with E-state index in [9.17, 15) is 9.59 Å². The lowest BCUT2D eigenvalue weighted by Crippen LogP contribution is -1.98. The first-order chi connectivity index (χ1) is 5.74. The molecule has 0 saturated carbocycles. The SMILES string of the molecule is O=[C]C1=CC=CCC1=CC(=O)O. The maximum atomic E-state index is 10.3. The Morgan fingerprint density at radius 2 is 2.42 bits per heavy atom. The highest BCUT2D eigenvalue weighted by Crippen LogP contribution is 2.17. The summed E-state index contributed by atoms with van der Waals surface area (Å²) in [6.45, 7) is 0. The minimum Gasteiger partial charge on any atom is -0.478 e. The van der Waals surface area contributed by atoms with Crippen LogP contribution in [-0.2, 0) is 9.59 Å². The van der Waals surface area contributed by atoms with Crippen LogP contribution in [0.5, 0.6) is 0 Å². The molecule has 0 amide bonds. The molecule has 0 aromatic carbocycles. The average Bonchev–Trinajstić information content (AvgIpc) is 2.04. The number of hydrogen-bond acceptors (Lipinski definition) is 2. The van der Waals surface area contributed by atoms with Gasteiger partial charge in [-0.1, -0.05) is 18.2 Å². The smallest absolute Gasteiger partial charge is 0.328 e. The van der Waals surface area contributed by atoms with Gasteiger partial charge in [0.05, 0.1) is 0 Å². The van der Waals surface area contributed by atoms with Gasteiger partial charge in [0.2, 0.25) is 6.29 Å². The highest BCUT2D eigenvalue weighted by atomic mass is 16.4. The number of rotatable bonds is 2. The average molecular weight is 163 g/mol. The van der Waals surface area contributed by atoms with Gasteiger partial charge in [0.15, 0.2) is 0 Å². The van der Waals surface area contributed by atoms with Crippen molar-refractivity contribution in [1.82, 2.24) is 0 Å². The second-order valence-corrected chi connectivity index (χ2v) is 2.32. The van der Waals surface area contributed by atoms with Crippen molar-refractivity contribution in [3.8, 4) is 0 Å². The lowest BCUT2D eigenvalue weighted by atomic mass is 9.99. The van der Waals surface area contributed by atoms with Gasteiger partial charge < -0.3 is 5.11 Å². The molecule has 12 heavy (non-hydrogen) atoms. The quantitative estimate of drug-likeness (QED) is 0.617. The van der Waals surface area contributed by atoms with Gasteiger partial charge in [-0.2, -0.15) is 0 Å². The molecule has 0 bridgehead atoms. The minimum absolute atomic E-state index is 0.319. The molecule has 3 nitrogen and oxygen atoms in total. The molecule has 0 aromatic rings. The largest absolute Gasteiger partial charge is 0.478 e. The van der Waals surface area contributed by atoms with Crippen molar-refractivity contribution in [3.05, 3.63) is 35.5 Å². The van der Waals surface area contributed by atoms with Gasteiger partial charge in [-0.3, -0.25) is 4.79 Å². The fraction of sp³-hybridized carbons (Fsp3) is 0.111. The van der Waals surface area contributed by atoms with Crippen LogP contribution in [0, 0.1) is 0 Å². The van der Waals surface area contributed by atoms with Gasteiger partial charge in [0.1, 0.15) is 0 Å². The molecular formula is C9H7O3. The van der Waals surface area contributed by atoms with Crippen molar-refractivity contribution in [2.24, 2.45) is 0 Å². The summed E-state index contributed by atoms with van der Waals surface area (Å²) >= 11 is 0. The van der Waals surface area contributed by atoms with Crippen molar-refractivity contribution in [2.45, 2.75) is 6.42 Å². The molecule has 1 rings (SSSR count). The molecule has 0 aliphatic heterocycles. The number of carboxylic acid groups (broad SMARTS) is 1. The molecule has 0 fully saturated rings. The first-order valence-electron chi connectivity index (χ1n) is 3.43. The molecule has 3 heteroatoms. The Balaban J connectivity index is 2.93. The summed E-state index contributed by atoms with van der Waals surface area (Å²) < 4.78 is 0. The van der Waals surface area contributed by atoms with Crippen molar-refractivity contribution >= 4 is 12.3 Å². The van der Waals surface area contributed by atoms with E-state index in [2.05, 4.69) is 0 Å². The molecule has 0 spiro atoms. The fourth-order valence-electron chi connectivity index (χ4n) is 0.962. The van der Waals surface area contributed by atoms with Gasteiger partial charge in [-0.05, 0) is 12.0 Å². The maximum Gasteiger partial charge on any atom is 0.328 e. The summed E-state index contributed by atoms with van der Waals surface area (Å²) in [6.07, 6.45) is 8.24. The summed E-state index contributed by atoms with van der Waals surface area (Å²) in [5.74, 6) is -1.04. The second kappa shape index (κ2) is 3.67. The minimum atomic E-state index is -1.04. The first-order valence-corrected chi connectivity index (χ1v) is 3.43. The van der Waals surface area contributed by atoms with Crippen LogP contribution in [0.25, 0.3) is 0 Å². The normalized spacial score (nSPS) is 19.0. The van der Waals surface area contributed by atoms with Crippen LogP contribution in [0.3, 0.4) is 0 Å². The van der Waals surface area contributed by atoms with Crippen molar-refractivity contribution < 1.29 is 14.7 Å². The Bertz CT molecular complexity index is 295. The van der Waals surface area contributed by atoms with Crippen LogP contribution in [-0.4, -0.2) is 17.4 Å². The number of carboxylic acids is 1. The molecule has 1 N–H and O–H groups in total. The Kier molecular flexibility index (Phi) is 2.58. The van der Waals surface area contributed by atoms with Crippen LogP contribution in [0.4, 0.5) is 0 Å². The van der Waals surface area contributed by atoms with Crippen molar-refractivity contribution in [2.75, 3.05) is 0 Å². The number of carbonyl (C=O) groups excluding carboxylic acids is 1. The molecule has 0 aromatic heterocycles. The standard InChI is InChI=1S/C9H7O3/c10-6-8-4-2-1-3-7(8)5-9(11)12/h1-2,4-5H,3H2,(H,11,12). The summed E-state index contributed by atoms with van der Waals surface area (Å²) in [6, 6.07) is 0. The molecule has 1 radical (unpaired) electrons. The molecule has 0 unspecified atom stereocenters. The third kappa shape index (κ3) is 1.92. The second-order valence-electron chi connectivity index (χ2n) is 2.32. The zero-order chi connectivity index (χ0) is 8.97. The Morgan fingerprint density at radius 3 is 3.00 bits per heavy atom. The Labute approximate surface area is 69.7 Å². The van der Waals surface area contributed by atoms with E-state index in [-0.39, 0.29) is 0 Å². The predicted octanol–water partition coefficient (Wildman–Crippen LogP) is 0.993. The lowest BCUT2D eigenvalue weighted by molar-refractivity contribution is -0.131. The van der Waals surface area contributed by atoms with E-state index < -0.39 is 5.97 Å². The number of hydrogen-bond donors (Lipinski definition) is 1. The molecule has 0 saturated heterocycles. The maximum absolute atomic E-state index is 10.3. The topological polar surface area (TPSA) is 54.4 Å². The predicted molar refractivity (Wildman–Crippen MR) is 43.3 cm³/mol. The molecule has 61 valence electrons. The summed E-state index contributed by atoms with van der Waals surface area (Å²) in [5.41, 5.74) is 0.819. The lowest BCUT2D eigenvalue weighted by Gasteiger charge is -2.04. The third-order valence-corrected chi connectivity index (χ3v) is 1.49. The number of aliphatic carboxylic acids is 1. The van der Waals surface area contributed by atoms with Crippen LogP contribution < -0.4 is 0 Å². The monoisotopic (exact) mass is 163 g/mol. The first kappa shape index (κ1) is 8.46. The van der Waals surface area contributed by atoms with E-state index in [0.717, 1.165) is 6.08 Å². The Hall–Kier alpha value is -1.64. The summed E-state index contributed by atoms with van der Waals surface area (Å²) in [7, 11) is 0. The third-order valence-electron chi connectivity index (χ3n) is 1.49. The van der Waals surface area contributed by atoms with E-state index in [1.807, 2.05) is 0 Å². The number of carbonyl (C=O) groups is 1. The van der Waals surface area contributed by atoms with Gasteiger partial charge in [-0.25, -0.2) is 4.79 Å². The Morgan fingerprint density at radius 1 is 1.67 bits per heavy atom. The van der Waals surface area contributed by atoms with Gasteiger partial charge in [0, 0.05) is 11.6 Å².